The number of nitrogens with zero attached hydrogens (tertiary/aromatic N) is 1. The first-order chi connectivity index (χ1) is 9.35. The summed E-state index contributed by atoms with van der Waals surface area (Å²) < 4.78 is 10.2. The normalized spacial score (nSPS) is 13.9. The Hall–Kier alpha value is -1.34. The molecular weight excluding hydrogens is 264 g/mol. The van der Waals surface area contributed by atoms with E-state index >= 15 is 0 Å². The van der Waals surface area contributed by atoms with Gasteiger partial charge in [-0.3, -0.25) is 4.79 Å². The monoisotopic (exact) mass is 290 g/mol. The lowest BCUT2D eigenvalue weighted by Crippen LogP contribution is -2.50. The van der Waals surface area contributed by atoms with Crippen molar-refractivity contribution in [2.75, 3.05) is 27.3 Å². The maximum atomic E-state index is 12.3. The zero-order chi connectivity index (χ0) is 15.7. The summed E-state index contributed by atoms with van der Waals surface area (Å²) in [6.07, 6.45) is -0.820. The lowest BCUT2D eigenvalue weighted by molar-refractivity contribution is -0.147. The quantitative estimate of drug-likeness (QED) is 0.622. The van der Waals surface area contributed by atoms with Crippen molar-refractivity contribution in [1.82, 2.24) is 10.2 Å². The van der Waals surface area contributed by atoms with Gasteiger partial charge < -0.3 is 24.8 Å². The van der Waals surface area contributed by atoms with E-state index in [4.69, 9.17) is 14.6 Å². The fourth-order valence-electron chi connectivity index (χ4n) is 1.71. The number of rotatable bonds is 9. The van der Waals surface area contributed by atoms with Crippen LogP contribution < -0.4 is 5.32 Å². The van der Waals surface area contributed by atoms with E-state index in [2.05, 4.69) is 5.32 Å². The molecule has 0 aromatic heterocycles. The molecule has 7 nitrogen and oxygen atoms in total. The van der Waals surface area contributed by atoms with Gasteiger partial charge in [0, 0.05) is 20.8 Å². The molecule has 2 amide bonds. The van der Waals surface area contributed by atoms with Crippen LogP contribution in [0.25, 0.3) is 0 Å². The van der Waals surface area contributed by atoms with Crippen LogP contribution in [0.4, 0.5) is 4.79 Å². The molecule has 0 spiro atoms. The van der Waals surface area contributed by atoms with Crippen molar-refractivity contribution >= 4 is 12.0 Å². The van der Waals surface area contributed by atoms with E-state index in [0.717, 1.165) is 6.42 Å². The number of carboxylic acid groups (broad SMARTS) is 1. The molecule has 0 rings (SSSR count). The Morgan fingerprint density at radius 3 is 2.15 bits per heavy atom. The van der Waals surface area contributed by atoms with Crippen LogP contribution in [0, 0.1) is 5.92 Å². The van der Waals surface area contributed by atoms with Gasteiger partial charge in [-0.1, -0.05) is 20.3 Å². The molecule has 0 saturated carbocycles. The van der Waals surface area contributed by atoms with Crippen LogP contribution in [0.2, 0.25) is 0 Å². The molecule has 7 heteroatoms. The Balaban J connectivity index is 4.80. The number of hydrogen-bond acceptors (Lipinski definition) is 4. The number of nitrogens with one attached hydrogen (secondary N) is 1. The van der Waals surface area contributed by atoms with Gasteiger partial charge in [0.25, 0.3) is 0 Å². The van der Waals surface area contributed by atoms with E-state index in [1.807, 2.05) is 13.8 Å². The maximum Gasteiger partial charge on any atom is 0.405 e. The molecule has 0 saturated heterocycles. The third-order valence-corrected chi connectivity index (χ3v) is 3.15. The Kier molecular flexibility index (Phi) is 8.91. The van der Waals surface area contributed by atoms with E-state index in [1.165, 1.54) is 21.1 Å². The van der Waals surface area contributed by atoms with E-state index < -0.39 is 18.4 Å². The molecule has 0 aromatic carbocycles. The van der Waals surface area contributed by atoms with Crippen molar-refractivity contribution in [3.05, 3.63) is 0 Å². The number of carbonyl (C=O) groups is 2. The molecule has 0 aromatic rings. The van der Waals surface area contributed by atoms with Gasteiger partial charge in [0.15, 0.2) is 6.29 Å². The van der Waals surface area contributed by atoms with Crippen LogP contribution in [0.1, 0.15) is 27.2 Å². The summed E-state index contributed by atoms with van der Waals surface area (Å²) in [7, 11) is 3.00. The van der Waals surface area contributed by atoms with Gasteiger partial charge in [-0.15, -0.1) is 0 Å². The van der Waals surface area contributed by atoms with E-state index in [9.17, 15) is 9.59 Å². The summed E-state index contributed by atoms with van der Waals surface area (Å²) in [4.78, 5) is 24.5. The van der Waals surface area contributed by atoms with Gasteiger partial charge in [-0.05, 0) is 12.8 Å². The third kappa shape index (κ3) is 6.72. The standard InChI is InChI=1S/C13H26N2O5/c1-6-9(2)7-15(8-11(19-4)20-5)12(16)10(3)14-13(17)18/h9-11,14H,6-8H2,1-5H3,(H,17,18). The lowest BCUT2D eigenvalue weighted by atomic mass is 10.1. The molecule has 0 heterocycles. The number of ether oxygens (including phenoxy) is 2. The number of methoxy groups -OCH3 is 2. The van der Waals surface area contributed by atoms with Crippen LogP contribution in [0.5, 0.6) is 0 Å². The SMILES string of the molecule is CCC(C)CN(CC(OC)OC)C(=O)C(C)NC(=O)O. The second-order valence-electron chi connectivity index (χ2n) is 4.83. The van der Waals surface area contributed by atoms with Crippen molar-refractivity contribution in [2.45, 2.75) is 39.5 Å². The Morgan fingerprint density at radius 2 is 1.75 bits per heavy atom. The first-order valence-corrected chi connectivity index (χ1v) is 6.69. The molecule has 0 radical (unpaired) electrons. The number of amides is 2. The van der Waals surface area contributed by atoms with Gasteiger partial charge in [0.05, 0.1) is 6.54 Å². The summed E-state index contributed by atoms with van der Waals surface area (Å²) in [6, 6.07) is -0.800. The van der Waals surface area contributed by atoms with Crippen molar-refractivity contribution in [2.24, 2.45) is 5.92 Å². The molecule has 2 N–H and O–H groups in total. The first kappa shape index (κ1) is 18.7. The van der Waals surface area contributed by atoms with E-state index in [0.29, 0.717) is 12.5 Å². The van der Waals surface area contributed by atoms with Crippen molar-refractivity contribution in [1.29, 1.82) is 0 Å². The fourth-order valence-corrected chi connectivity index (χ4v) is 1.71. The largest absolute Gasteiger partial charge is 0.465 e. The van der Waals surface area contributed by atoms with Crippen molar-refractivity contribution in [3.63, 3.8) is 0 Å². The molecule has 0 fully saturated rings. The highest BCUT2D eigenvalue weighted by molar-refractivity contribution is 5.84. The Labute approximate surface area is 120 Å². The van der Waals surface area contributed by atoms with Gasteiger partial charge in [-0.2, -0.15) is 0 Å². The highest BCUT2D eigenvalue weighted by atomic mass is 16.7. The highest BCUT2D eigenvalue weighted by Crippen LogP contribution is 2.08. The molecule has 0 bridgehead atoms. The summed E-state index contributed by atoms with van der Waals surface area (Å²) in [5.74, 6) is 0.0251. The smallest absolute Gasteiger partial charge is 0.405 e. The second-order valence-corrected chi connectivity index (χ2v) is 4.83. The predicted molar refractivity (Wildman–Crippen MR) is 74.5 cm³/mol. The lowest BCUT2D eigenvalue weighted by Gasteiger charge is -2.30. The van der Waals surface area contributed by atoms with Gasteiger partial charge in [-0.25, -0.2) is 4.79 Å². The van der Waals surface area contributed by atoms with Crippen LogP contribution in [0.3, 0.4) is 0 Å². The average molecular weight is 290 g/mol. The minimum atomic E-state index is -1.22. The summed E-state index contributed by atoms with van der Waals surface area (Å²) in [5.41, 5.74) is 0. The molecule has 0 aliphatic rings. The Bertz CT molecular complexity index is 307. The molecule has 2 atom stereocenters. The van der Waals surface area contributed by atoms with Gasteiger partial charge in [0.1, 0.15) is 6.04 Å². The zero-order valence-corrected chi connectivity index (χ0v) is 12.9. The minimum absolute atomic E-state index is 0.266. The van der Waals surface area contributed by atoms with Crippen LogP contribution in [-0.4, -0.2) is 61.6 Å². The molecular formula is C13H26N2O5. The Morgan fingerprint density at radius 1 is 1.20 bits per heavy atom. The summed E-state index contributed by atoms with van der Waals surface area (Å²) in [6.45, 7) is 6.39. The van der Waals surface area contributed by atoms with Crippen LogP contribution >= 0.6 is 0 Å². The predicted octanol–water partition coefficient (Wildman–Crippen LogP) is 1.14. The average Bonchev–Trinajstić information content (AvgIpc) is 2.41. The minimum Gasteiger partial charge on any atom is -0.465 e. The first-order valence-electron chi connectivity index (χ1n) is 6.69. The summed E-state index contributed by atoms with van der Waals surface area (Å²) in [5, 5.41) is 10.9. The van der Waals surface area contributed by atoms with Crippen LogP contribution in [0.15, 0.2) is 0 Å². The van der Waals surface area contributed by atoms with Gasteiger partial charge in [0.2, 0.25) is 5.91 Å². The molecule has 118 valence electrons. The third-order valence-electron chi connectivity index (χ3n) is 3.15. The summed E-state index contributed by atoms with van der Waals surface area (Å²) >= 11 is 0. The topological polar surface area (TPSA) is 88.1 Å². The van der Waals surface area contributed by atoms with Crippen molar-refractivity contribution in [3.8, 4) is 0 Å². The second kappa shape index (κ2) is 9.55. The number of carbonyl (C=O) groups excluding carboxylic acids is 1. The van der Waals surface area contributed by atoms with Gasteiger partial charge >= 0.3 is 6.09 Å². The maximum absolute atomic E-state index is 12.3. The molecule has 20 heavy (non-hydrogen) atoms. The fraction of sp³-hybridized carbons (Fsp3) is 0.846. The number of hydrogen-bond donors (Lipinski definition) is 2. The van der Waals surface area contributed by atoms with Crippen molar-refractivity contribution < 1.29 is 24.2 Å². The highest BCUT2D eigenvalue weighted by Gasteiger charge is 2.25. The van der Waals surface area contributed by atoms with Crippen LogP contribution in [-0.2, 0) is 14.3 Å². The molecule has 0 aliphatic carbocycles. The zero-order valence-electron chi connectivity index (χ0n) is 12.9. The molecule has 0 aliphatic heterocycles. The molecule has 2 unspecified atom stereocenters. The van der Waals surface area contributed by atoms with E-state index in [1.54, 1.807) is 4.90 Å². The van der Waals surface area contributed by atoms with E-state index in [-0.39, 0.29) is 12.5 Å².